The van der Waals surface area contributed by atoms with Crippen LogP contribution in [-0.2, 0) is 6.54 Å². The Morgan fingerprint density at radius 3 is 2.37 bits per heavy atom. The molecule has 1 atom stereocenters. The van der Waals surface area contributed by atoms with E-state index in [1.165, 1.54) is 40.8 Å². The molecular formula is C20H21FN4O2. The molecule has 27 heavy (non-hydrogen) atoms. The lowest BCUT2D eigenvalue weighted by Gasteiger charge is -2.10. The molecule has 1 amide bonds. The molecule has 0 fully saturated rings. The Kier molecular flexibility index (Phi) is 5.61. The molecule has 2 N–H and O–H groups in total. The second-order valence-electron chi connectivity index (χ2n) is 6.59. The van der Waals surface area contributed by atoms with Crippen molar-refractivity contribution in [1.29, 1.82) is 0 Å². The van der Waals surface area contributed by atoms with Crippen LogP contribution in [0, 0.1) is 5.82 Å². The standard InChI is InChI=1S/C20H21FN4O2/c1-13(2)14-5-9-17(10-6-14)23-20(27)19-22-12-25(24-19)11-18(26)15-3-7-16(21)8-4-15/h3-10,12-13,18,26H,11H2,1-2H3,(H,23,27). The van der Waals surface area contributed by atoms with Crippen LogP contribution in [0.5, 0.6) is 0 Å². The summed E-state index contributed by atoms with van der Waals surface area (Å²) >= 11 is 0. The number of benzene rings is 2. The first kappa shape index (κ1) is 18.7. The molecule has 1 aromatic heterocycles. The molecule has 2 aromatic carbocycles. The lowest BCUT2D eigenvalue weighted by molar-refractivity contribution is 0.101. The molecule has 6 nitrogen and oxygen atoms in total. The minimum Gasteiger partial charge on any atom is -0.386 e. The van der Waals surface area contributed by atoms with Gasteiger partial charge in [0.1, 0.15) is 12.1 Å². The fraction of sp³-hybridized carbons (Fsp3) is 0.250. The largest absolute Gasteiger partial charge is 0.386 e. The summed E-state index contributed by atoms with van der Waals surface area (Å²) < 4.78 is 14.3. The lowest BCUT2D eigenvalue weighted by atomic mass is 10.0. The van der Waals surface area contributed by atoms with Crippen molar-refractivity contribution in [1.82, 2.24) is 14.8 Å². The minimum absolute atomic E-state index is 0.00856. The molecule has 1 heterocycles. The Morgan fingerprint density at radius 2 is 1.74 bits per heavy atom. The molecule has 3 rings (SSSR count). The summed E-state index contributed by atoms with van der Waals surface area (Å²) in [7, 11) is 0. The predicted molar refractivity (Wildman–Crippen MR) is 99.9 cm³/mol. The second kappa shape index (κ2) is 8.09. The molecule has 0 radical (unpaired) electrons. The number of carbonyl (C=O) groups is 1. The van der Waals surface area contributed by atoms with Crippen LogP contribution in [0.1, 0.15) is 47.6 Å². The first-order valence-corrected chi connectivity index (χ1v) is 8.66. The highest BCUT2D eigenvalue weighted by atomic mass is 19.1. The maximum atomic E-state index is 13.0. The Hall–Kier alpha value is -3.06. The first-order valence-electron chi connectivity index (χ1n) is 8.66. The van der Waals surface area contributed by atoms with Crippen molar-refractivity contribution < 1.29 is 14.3 Å². The fourth-order valence-corrected chi connectivity index (χ4v) is 2.59. The summed E-state index contributed by atoms with van der Waals surface area (Å²) in [6.07, 6.45) is 0.496. The van der Waals surface area contributed by atoms with Gasteiger partial charge in [0, 0.05) is 5.69 Å². The molecule has 7 heteroatoms. The second-order valence-corrected chi connectivity index (χ2v) is 6.59. The van der Waals surface area contributed by atoms with Gasteiger partial charge in [-0.2, -0.15) is 0 Å². The van der Waals surface area contributed by atoms with Gasteiger partial charge in [-0.15, -0.1) is 5.10 Å². The zero-order chi connectivity index (χ0) is 19.4. The van der Waals surface area contributed by atoms with Gasteiger partial charge in [0.15, 0.2) is 0 Å². The van der Waals surface area contributed by atoms with Crippen LogP contribution >= 0.6 is 0 Å². The zero-order valence-corrected chi connectivity index (χ0v) is 15.1. The molecule has 0 spiro atoms. The highest BCUT2D eigenvalue weighted by molar-refractivity contribution is 6.01. The number of rotatable bonds is 6. The summed E-state index contributed by atoms with van der Waals surface area (Å²) in [4.78, 5) is 16.3. The molecule has 0 aliphatic rings. The van der Waals surface area contributed by atoms with E-state index in [2.05, 4.69) is 29.2 Å². The van der Waals surface area contributed by atoms with E-state index in [1.54, 1.807) is 0 Å². The molecule has 0 aliphatic heterocycles. The van der Waals surface area contributed by atoms with Crippen molar-refractivity contribution in [3.05, 3.63) is 77.6 Å². The SMILES string of the molecule is CC(C)c1ccc(NC(=O)c2ncn(CC(O)c3ccc(F)cc3)n2)cc1. The van der Waals surface area contributed by atoms with Crippen molar-refractivity contribution in [3.8, 4) is 0 Å². The van der Waals surface area contributed by atoms with Gasteiger partial charge in [0.25, 0.3) is 5.91 Å². The number of aromatic nitrogens is 3. The zero-order valence-electron chi connectivity index (χ0n) is 15.1. The van der Waals surface area contributed by atoms with Crippen molar-refractivity contribution in [2.75, 3.05) is 5.32 Å². The number of nitrogens with zero attached hydrogens (tertiary/aromatic N) is 3. The van der Waals surface area contributed by atoms with Gasteiger partial charge in [-0.1, -0.05) is 38.1 Å². The Bertz CT molecular complexity index is 904. The molecule has 140 valence electrons. The van der Waals surface area contributed by atoms with Crippen LogP contribution in [-0.4, -0.2) is 25.8 Å². The number of amides is 1. The predicted octanol–water partition coefficient (Wildman–Crippen LogP) is 3.53. The fourth-order valence-electron chi connectivity index (χ4n) is 2.59. The van der Waals surface area contributed by atoms with Crippen LogP contribution in [0.25, 0.3) is 0 Å². The Labute approximate surface area is 156 Å². The van der Waals surface area contributed by atoms with E-state index < -0.39 is 12.0 Å². The normalized spacial score (nSPS) is 12.2. The highest BCUT2D eigenvalue weighted by Crippen LogP contribution is 2.18. The number of anilines is 1. The van der Waals surface area contributed by atoms with E-state index in [0.29, 0.717) is 17.2 Å². The first-order chi connectivity index (χ1) is 12.9. The topological polar surface area (TPSA) is 80.0 Å². The van der Waals surface area contributed by atoms with Crippen molar-refractivity contribution in [2.24, 2.45) is 0 Å². The van der Waals surface area contributed by atoms with Crippen LogP contribution in [0.15, 0.2) is 54.9 Å². The number of aliphatic hydroxyl groups is 1. The third kappa shape index (κ3) is 4.77. The number of aliphatic hydroxyl groups excluding tert-OH is 1. The molecule has 3 aromatic rings. The summed E-state index contributed by atoms with van der Waals surface area (Å²) in [5, 5.41) is 17.0. The van der Waals surface area contributed by atoms with Crippen LogP contribution in [0.3, 0.4) is 0 Å². The van der Waals surface area contributed by atoms with E-state index in [-0.39, 0.29) is 18.2 Å². The van der Waals surface area contributed by atoms with Gasteiger partial charge in [-0.05, 0) is 41.3 Å². The average Bonchev–Trinajstić information content (AvgIpc) is 3.11. The van der Waals surface area contributed by atoms with E-state index in [0.717, 1.165) is 0 Å². The van der Waals surface area contributed by atoms with Gasteiger partial charge in [0.2, 0.25) is 5.82 Å². The van der Waals surface area contributed by atoms with E-state index in [4.69, 9.17) is 0 Å². The summed E-state index contributed by atoms with van der Waals surface area (Å²) in [6.45, 7) is 4.31. The quantitative estimate of drug-likeness (QED) is 0.698. The van der Waals surface area contributed by atoms with Gasteiger partial charge in [-0.3, -0.25) is 4.79 Å². The summed E-state index contributed by atoms with van der Waals surface area (Å²) in [5.74, 6) is -0.372. The summed E-state index contributed by atoms with van der Waals surface area (Å²) in [5.41, 5.74) is 2.40. The maximum Gasteiger partial charge on any atom is 0.295 e. The Balaban J connectivity index is 1.62. The highest BCUT2D eigenvalue weighted by Gasteiger charge is 2.15. The molecule has 0 aliphatic carbocycles. The monoisotopic (exact) mass is 368 g/mol. The van der Waals surface area contributed by atoms with E-state index in [9.17, 15) is 14.3 Å². The third-order valence-electron chi connectivity index (χ3n) is 4.19. The minimum atomic E-state index is -0.883. The van der Waals surface area contributed by atoms with E-state index >= 15 is 0 Å². The van der Waals surface area contributed by atoms with E-state index in [1.807, 2.05) is 24.3 Å². The molecule has 1 unspecified atom stereocenters. The van der Waals surface area contributed by atoms with Crippen molar-refractivity contribution in [2.45, 2.75) is 32.4 Å². The number of nitrogens with one attached hydrogen (secondary N) is 1. The smallest absolute Gasteiger partial charge is 0.295 e. The maximum absolute atomic E-state index is 13.0. The van der Waals surface area contributed by atoms with Gasteiger partial charge in [0.05, 0.1) is 12.6 Å². The molecule has 0 saturated heterocycles. The summed E-state index contributed by atoms with van der Waals surface area (Å²) in [6, 6.07) is 13.2. The molecule has 0 saturated carbocycles. The van der Waals surface area contributed by atoms with Crippen LogP contribution in [0.2, 0.25) is 0 Å². The number of hydrogen-bond donors (Lipinski definition) is 2. The van der Waals surface area contributed by atoms with Crippen molar-refractivity contribution >= 4 is 11.6 Å². The lowest BCUT2D eigenvalue weighted by Crippen LogP contribution is -2.15. The van der Waals surface area contributed by atoms with Gasteiger partial charge in [-0.25, -0.2) is 14.1 Å². The number of hydrogen-bond acceptors (Lipinski definition) is 4. The average molecular weight is 368 g/mol. The number of carbonyl (C=O) groups excluding carboxylic acids is 1. The van der Waals surface area contributed by atoms with Crippen LogP contribution < -0.4 is 5.32 Å². The van der Waals surface area contributed by atoms with Crippen LogP contribution in [0.4, 0.5) is 10.1 Å². The third-order valence-corrected chi connectivity index (χ3v) is 4.19. The van der Waals surface area contributed by atoms with Gasteiger partial charge < -0.3 is 10.4 Å². The molecule has 0 bridgehead atoms. The van der Waals surface area contributed by atoms with Gasteiger partial charge >= 0.3 is 0 Å². The number of halogens is 1. The Morgan fingerprint density at radius 1 is 1.11 bits per heavy atom. The van der Waals surface area contributed by atoms with Crippen molar-refractivity contribution in [3.63, 3.8) is 0 Å². The molecular weight excluding hydrogens is 347 g/mol.